The molecule has 8 aromatic carbocycles. The third-order valence-electron chi connectivity index (χ3n) is 21.9. The lowest BCUT2D eigenvalue weighted by Crippen LogP contribution is -2.62. The highest BCUT2D eigenvalue weighted by Crippen LogP contribution is 2.63. The van der Waals surface area contributed by atoms with Gasteiger partial charge in [-0.15, -0.1) is 0 Å². The number of fused-ring (bicyclic) bond motifs is 12. The van der Waals surface area contributed by atoms with Crippen molar-refractivity contribution in [3.63, 3.8) is 0 Å². The quantitative estimate of drug-likeness (QED) is 0.164. The van der Waals surface area contributed by atoms with Crippen molar-refractivity contribution in [1.82, 2.24) is 0 Å². The summed E-state index contributed by atoms with van der Waals surface area (Å²) in [6.45, 7) is 34.6. The molecule has 5 heteroatoms. The molecule has 2 atom stereocenters. The molecule has 9 aromatic rings. The first-order valence-electron chi connectivity index (χ1n) is 30.6. The molecule has 0 amide bonds. The first-order chi connectivity index (χ1) is 38.4. The molecular formula is C76H80BN3O. The Labute approximate surface area is 482 Å². The van der Waals surface area contributed by atoms with Crippen LogP contribution in [0.3, 0.4) is 0 Å². The molecule has 0 bridgehead atoms. The summed E-state index contributed by atoms with van der Waals surface area (Å²) in [5, 5.41) is 2.30. The van der Waals surface area contributed by atoms with Crippen molar-refractivity contribution in [3.8, 4) is 11.1 Å². The van der Waals surface area contributed by atoms with Gasteiger partial charge in [-0.2, -0.15) is 0 Å². The summed E-state index contributed by atoms with van der Waals surface area (Å²) in [5.41, 5.74) is 28.5. The van der Waals surface area contributed by atoms with Crippen molar-refractivity contribution in [2.45, 2.75) is 180 Å². The number of para-hydroxylation sites is 1. The second-order valence-corrected chi connectivity index (χ2v) is 29.9. The third-order valence-corrected chi connectivity index (χ3v) is 21.9. The molecule has 3 aliphatic carbocycles. The van der Waals surface area contributed by atoms with Gasteiger partial charge in [0.1, 0.15) is 11.2 Å². The van der Waals surface area contributed by atoms with Crippen molar-refractivity contribution in [1.29, 1.82) is 0 Å². The summed E-state index contributed by atoms with van der Waals surface area (Å²) in [4.78, 5) is 8.32. The maximum Gasteiger partial charge on any atom is 0.252 e. The number of hydrogen-bond donors (Lipinski definition) is 0. The van der Waals surface area contributed by atoms with Crippen molar-refractivity contribution in [2.75, 3.05) is 14.7 Å². The topological polar surface area (TPSA) is 22.9 Å². The minimum Gasteiger partial charge on any atom is -0.456 e. The van der Waals surface area contributed by atoms with Crippen LogP contribution >= 0.6 is 0 Å². The van der Waals surface area contributed by atoms with E-state index in [-0.39, 0.29) is 44.7 Å². The second-order valence-electron chi connectivity index (χ2n) is 29.9. The molecule has 15 rings (SSSR count). The Morgan fingerprint density at radius 2 is 1.04 bits per heavy atom. The van der Waals surface area contributed by atoms with Gasteiger partial charge in [0.05, 0.1) is 16.6 Å². The number of rotatable bonds is 4. The predicted octanol–water partition coefficient (Wildman–Crippen LogP) is 19.0. The molecule has 81 heavy (non-hydrogen) atoms. The zero-order chi connectivity index (χ0) is 56.3. The van der Waals surface area contributed by atoms with Gasteiger partial charge in [-0.25, -0.2) is 0 Å². The number of aryl methyl sites for hydroxylation is 1. The maximum atomic E-state index is 6.85. The Kier molecular flexibility index (Phi) is 10.4. The zero-order valence-corrected chi connectivity index (χ0v) is 50.6. The minimum atomic E-state index is -0.200. The predicted molar refractivity (Wildman–Crippen MR) is 345 cm³/mol. The standard InChI is InChI=1S/C76H80BN3O/c1-46-37-49(70(2,3)4)30-32-59(46)78-62-43-54-52(71(5,6)35-36-72(54,7)8)41-57(62)77-58-42-53-55(74(11,12)45-73(53,9)10)44-63(58)79(61-26-22-28-67-68(61)51-25-18-19-27-66(51)81-67)65-40-50(39-64(78)69(65)77)80-60-31-29-48(47-23-16-15-17-24-47)38-56(60)75(13)33-20-21-34-76(75,80)14/h15-19,22-32,37-44H,20-21,33-36,45H2,1-14H3. The van der Waals surface area contributed by atoms with E-state index in [1.165, 1.54) is 119 Å². The maximum absolute atomic E-state index is 6.85. The zero-order valence-electron chi connectivity index (χ0n) is 50.6. The average Bonchev–Trinajstić information content (AvgIpc) is 3.76. The van der Waals surface area contributed by atoms with Crippen LogP contribution in [-0.4, -0.2) is 12.3 Å². The second kappa shape index (κ2) is 16.6. The van der Waals surface area contributed by atoms with E-state index in [2.05, 4.69) is 257 Å². The molecular weight excluding hydrogens is 982 g/mol. The van der Waals surface area contributed by atoms with Gasteiger partial charge < -0.3 is 19.1 Å². The van der Waals surface area contributed by atoms with E-state index in [9.17, 15) is 0 Å². The van der Waals surface area contributed by atoms with E-state index < -0.39 is 0 Å². The van der Waals surface area contributed by atoms with Crippen LogP contribution in [0.2, 0.25) is 0 Å². The fourth-order valence-electron chi connectivity index (χ4n) is 17.4. The van der Waals surface area contributed by atoms with E-state index in [0.29, 0.717) is 0 Å². The van der Waals surface area contributed by atoms with Gasteiger partial charge in [-0.3, -0.25) is 0 Å². The normalized spacial score (nSPS) is 22.2. The monoisotopic (exact) mass is 1060 g/mol. The van der Waals surface area contributed by atoms with Crippen LogP contribution in [0, 0.1) is 6.92 Å². The van der Waals surface area contributed by atoms with Crippen LogP contribution in [0.1, 0.15) is 174 Å². The minimum absolute atomic E-state index is 0.00134. The smallest absolute Gasteiger partial charge is 0.252 e. The molecule has 0 radical (unpaired) electrons. The molecule has 1 saturated carbocycles. The van der Waals surface area contributed by atoms with E-state index in [1.54, 1.807) is 0 Å². The Balaban J connectivity index is 1.11. The van der Waals surface area contributed by atoms with Crippen molar-refractivity contribution in [2.24, 2.45) is 0 Å². The van der Waals surface area contributed by atoms with Gasteiger partial charge in [0, 0.05) is 50.6 Å². The summed E-state index contributed by atoms with van der Waals surface area (Å²) in [6, 6.07) is 57.5. The van der Waals surface area contributed by atoms with Crippen LogP contribution in [0.4, 0.5) is 45.5 Å². The number of anilines is 8. The van der Waals surface area contributed by atoms with Crippen LogP contribution in [-0.2, 0) is 32.5 Å². The van der Waals surface area contributed by atoms with Crippen molar-refractivity contribution < 1.29 is 4.42 Å². The molecule has 2 unspecified atom stereocenters. The lowest BCUT2D eigenvalue weighted by Gasteiger charge is -2.51. The van der Waals surface area contributed by atoms with Crippen LogP contribution in [0.25, 0.3) is 33.1 Å². The van der Waals surface area contributed by atoms with Gasteiger partial charge in [-0.05, 0) is 200 Å². The highest BCUT2D eigenvalue weighted by Gasteiger charge is 2.59. The fourth-order valence-corrected chi connectivity index (χ4v) is 17.4. The molecule has 0 N–H and O–H groups in total. The summed E-state index contributed by atoms with van der Waals surface area (Å²) in [5.74, 6) is 0. The third kappa shape index (κ3) is 7.02. The number of furan rings is 1. The Hall–Kier alpha value is -6.98. The van der Waals surface area contributed by atoms with Gasteiger partial charge in [0.15, 0.2) is 0 Å². The Morgan fingerprint density at radius 1 is 0.457 bits per heavy atom. The van der Waals surface area contributed by atoms with E-state index in [4.69, 9.17) is 4.42 Å². The summed E-state index contributed by atoms with van der Waals surface area (Å²) < 4.78 is 6.85. The van der Waals surface area contributed by atoms with E-state index in [0.717, 1.165) is 59.7 Å². The molecule has 0 saturated heterocycles. The lowest BCUT2D eigenvalue weighted by molar-refractivity contribution is 0.195. The fraction of sp³-hybridized carbons (Fsp3) is 0.368. The average molecular weight is 1060 g/mol. The van der Waals surface area contributed by atoms with Gasteiger partial charge in [-0.1, -0.05) is 181 Å². The highest BCUT2D eigenvalue weighted by molar-refractivity contribution is 7.00. The number of nitrogens with zero attached hydrogens (tertiary/aromatic N) is 3. The molecule has 408 valence electrons. The SMILES string of the molecule is Cc1cc(C(C)(C)C)ccc1N1c2cc3c(cc2B2c4cc5c(cc4N(c4cccc6oc7ccccc7c46)c4cc(N6c7ccc(-c8ccccc8)cc7C7(C)CCCCC67C)cc1c42)C(C)(C)CC5(C)C)C(C)(C)CCC3(C)C. The Bertz CT molecular complexity index is 4170. The van der Waals surface area contributed by atoms with Crippen LogP contribution in [0.5, 0.6) is 0 Å². The van der Waals surface area contributed by atoms with E-state index in [1.807, 2.05) is 0 Å². The van der Waals surface area contributed by atoms with Gasteiger partial charge >= 0.3 is 0 Å². The van der Waals surface area contributed by atoms with E-state index >= 15 is 0 Å². The molecule has 1 aromatic heterocycles. The summed E-state index contributed by atoms with van der Waals surface area (Å²) in [7, 11) is 0. The first kappa shape index (κ1) is 50.9. The molecule has 6 aliphatic rings. The van der Waals surface area contributed by atoms with Crippen LogP contribution in [0.15, 0.2) is 150 Å². The van der Waals surface area contributed by atoms with Gasteiger partial charge in [0.25, 0.3) is 6.71 Å². The Morgan fingerprint density at radius 3 is 1.70 bits per heavy atom. The number of benzene rings is 8. The number of hydrogen-bond acceptors (Lipinski definition) is 4. The molecule has 3 aliphatic heterocycles. The van der Waals surface area contributed by atoms with Crippen molar-refractivity contribution >= 4 is 90.5 Å². The van der Waals surface area contributed by atoms with Crippen molar-refractivity contribution in [3.05, 3.63) is 185 Å². The molecule has 4 heterocycles. The first-order valence-corrected chi connectivity index (χ1v) is 30.6. The molecule has 4 nitrogen and oxygen atoms in total. The van der Waals surface area contributed by atoms with Crippen LogP contribution < -0.4 is 31.1 Å². The lowest BCUT2D eigenvalue weighted by atomic mass is 9.33. The molecule has 0 spiro atoms. The highest BCUT2D eigenvalue weighted by atomic mass is 16.3. The summed E-state index contributed by atoms with van der Waals surface area (Å²) in [6.07, 6.45) is 8.08. The largest absolute Gasteiger partial charge is 0.456 e. The van der Waals surface area contributed by atoms with Gasteiger partial charge in [0.2, 0.25) is 0 Å². The summed E-state index contributed by atoms with van der Waals surface area (Å²) >= 11 is 0. The molecule has 1 fully saturated rings.